The highest BCUT2D eigenvalue weighted by Gasteiger charge is 2.42. The second kappa shape index (κ2) is 8.11. The minimum absolute atomic E-state index is 0.0131. The van der Waals surface area contributed by atoms with E-state index in [0.717, 1.165) is 36.1 Å². The molecule has 0 radical (unpaired) electrons. The zero-order chi connectivity index (χ0) is 20.4. The molecule has 1 aromatic heterocycles. The maximum atomic E-state index is 12.8. The molecule has 1 fully saturated rings. The lowest BCUT2D eigenvalue weighted by molar-refractivity contribution is 0.186. The summed E-state index contributed by atoms with van der Waals surface area (Å²) in [4.78, 5) is 14.1. The van der Waals surface area contributed by atoms with Gasteiger partial charge in [-0.3, -0.25) is 0 Å². The van der Waals surface area contributed by atoms with Crippen molar-refractivity contribution in [2.75, 3.05) is 0 Å². The quantitative estimate of drug-likeness (QED) is 0.523. The molecule has 29 heavy (non-hydrogen) atoms. The Morgan fingerprint density at radius 2 is 1.76 bits per heavy atom. The van der Waals surface area contributed by atoms with Gasteiger partial charge in [-0.1, -0.05) is 80.6 Å². The minimum Gasteiger partial charge on any atom is -0.506 e. The normalized spacial score (nSPS) is 15.3. The lowest BCUT2D eigenvalue weighted by Crippen LogP contribution is -2.37. The standard InChI is InChI=1S/C25H26O3S/c1-17(2)19-11-6-7-12-21(19)29-23-20(26)15-22(28-24(23)27)25(13-8-14-25)16-18-9-4-3-5-10-18/h3-7,9-12,15,17,26H,8,13-14,16H2,1-2H3. The summed E-state index contributed by atoms with van der Waals surface area (Å²) in [6, 6.07) is 19.9. The fourth-order valence-corrected chi connectivity index (χ4v) is 5.16. The zero-order valence-corrected chi connectivity index (χ0v) is 17.7. The molecule has 0 atom stereocenters. The van der Waals surface area contributed by atoms with Gasteiger partial charge >= 0.3 is 5.63 Å². The van der Waals surface area contributed by atoms with Gasteiger partial charge < -0.3 is 9.52 Å². The molecule has 1 heterocycles. The largest absolute Gasteiger partial charge is 0.506 e. The maximum Gasteiger partial charge on any atom is 0.353 e. The van der Waals surface area contributed by atoms with Crippen LogP contribution in [0, 0.1) is 0 Å². The summed E-state index contributed by atoms with van der Waals surface area (Å²) >= 11 is 1.29. The van der Waals surface area contributed by atoms with Gasteiger partial charge in [0.2, 0.25) is 0 Å². The highest BCUT2D eigenvalue weighted by molar-refractivity contribution is 7.99. The lowest BCUT2D eigenvalue weighted by atomic mass is 9.64. The summed E-state index contributed by atoms with van der Waals surface area (Å²) in [5.74, 6) is 0.951. The molecule has 0 saturated heterocycles. The molecule has 4 heteroatoms. The van der Waals surface area contributed by atoms with Crippen LogP contribution in [0.15, 0.2) is 79.7 Å². The van der Waals surface area contributed by atoms with Gasteiger partial charge in [-0.15, -0.1) is 0 Å². The highest BCUT2D eigenvalue weighted by Crippen LogP contribution is 2.47. The van der Waals surface area contributed by atoms with Gasteiger partial charge in [0.1, 0.15) is 16.4 Å². The van der Waals surface area contributed by atoms with Gasteiger partial charge in [-0.2, -0.15) is 0 Å². The maximum absolute atomic E-state index is 12.8. The Balaban J connectivity index is 1.66. The van der Waals surface area contributed by atoms with E-state index in [2.05, 4.69) is 32.0 Å². The van der Waals surface area contributed by atoms with E-state index in [1.807, 2.05) is 36.4 Å². The summed E-state index contributed by atoms with van der Waals surface area (Å²) in [7, 11) is 0. The van der Waals surface area contributed by atoms with Crippen molar-refractivity contribution in [3.63, 3.8) is 0 Å². The number of hydrogen-bond donors (Lipinski definition) is 1. The minimum atomic E-state index is -0.456. The Morgan fingerprint density at radius 1 is 1.07 bits per heavy atom. The molecular formula is C25H26O3S. The molecule has 4 rings (SSSR count). The average Bonchev–Trinajstić information content (AvgIpc) is 2.68. The highest BCUT2D eigenvalue weighted by atomic mass is 32.2. The van der Waals surface area contributed by atoms with Crippen LogP contribution in [0.2, 0.25) is 0 Å². The first-order valence-corrected chi connectivity index (χ1v) is 11.0. The molecule has 0 aliphatic heterocycles. The smallest absolute Gasteiger partial charge is 0.353 e. The van der Waals surface area contributed by atoms with Gasteiger partial charge in [0, 0.05) is 16.4 Å². The van der Waals surface area contributed by atoms with Crippen LogP contribution in [0.1, 0.15) is 55.9 Å². The second-order valence-corrected chi connectivity index (χ2v) is 9.26. The summed E-state index contributed by atoms with van der Waals surface area (Å²) in [5, 5.41) is 10.7. The van der Waals surface area contributed by atoms with Gasteiger partial charge in [-0.05, 0) is 42.4 Å². The van der Waals surface area contributed by atoms with Crippen LogP contribution in [0.5, 0.6) is 5.75 Å². The first-order chi connectivity index (χ1) is 14.0. The van der Waals surface area contributed by atoms with E-state index in [4.69, 9.17) is 4.42 Å². The molecule has 0 spiro atoms. The lowest BCUT2D eigenvalue weighted by Gasteiger charge is -2.41. The van der Waals surface area contributed by atoms with Crippen LogP contribution < -0.4 is 5.63 Å². The monoisotopic (exact) mass is 406 g/mol. The van der Waals surface area contributed by atoms with Gasteiger partial charge in [0.25, 0.3) is 0 Å². The van der Waals surface area contributed by atoms with Gasteiger partial charge in [0.15, 0.2) is 0 Å². The Labute approximate surface area is 175 Å². The van der Waals surface area contributed by atoms with Crippen molar-refractivity contribution in [2.24, 2.45) is 0 Å². The Kier molecular flexibility index (Phi) is 5.55. The van der Waals surface area contributed by atoms with Crippen LogP contribution in [-0.2, 0) is 11.8 Å². The molecule has 0 unspecified atom stereocenters. The second-order valence-electron chi connectivity index (χ2n) is 8.20. The Morgan fingerprint density at radius 3 is 2.38 bits per heavy atom. The molecule has 150 valence electrons. The number of benzene rings is 2. The summed E-state index contributed by atoms with van der Waals surface area (Å²) < 4.78 is 5.80. The van der Waals surface area contributed by atoms with Crippen LogP contribution in [0.25, 0.3) is 0 Å². The number of hydrogen-bond acceptors (Lipinski definition) is 4. The van der Waals surface area contributed by atoms with Gasteiger partial charge in [0.05, 0.1) is 0 Å². The van der Waals surface area contributed by atoms with Crippen LogP contribution >= 0.6 is 11.8 Å². The van der Waals surface area contributed by atoms with E-state index in [0.29, 0.717) is 11.7 Å². The van der Waals surface area contributed by atoms with E-state index in [1.54, 1.807) is 6.07 Å². The predicted octanol–water partition coefficient (Wildman–Crippen LogP) is 6.28. The fraction of sp³-hybridized carbons (Fsp3) is 0.320. The summed E-state index contributed by atoms with van der Waals surface area (Å²) in [5.41, 5.74) is 1.72. The third kappa shape index (κ3) is 3.99. The topological polar surface area (TPSA) is 50.4 Å². The molecule has 3 aromatic rings. The first-order valence-electron chi connectivity index (χ1n) is 10.2. The van der Waals surface area contributed by atoms with E-state index >= 15 is 0 Å². The number of rotatable bonds is 6. The van der Waals surface area contributed by atoms with E-state index < -0.39 is 5.63 Å². The summed E-state index contributed by atoms with van der Waals surface area (Å²) in [6.45, 7) is 4.24. The Bertz CT molecular complexity index is 1050. The number of aromatic hydroxyl groups is 1. The van der Waals surface area contributed by atoms with Crippen molar-refractivity contribution < 1.29 is 9.52 Å². The third-order valence-corrected chi connectivity index (χ3v) is 7.03. The average molecular weight is 407 g/mol. The van der Waals surface area contributed by atoms with Crippen LogP contribution in [-0.4, -0.2) is 5.11 Å². The van der Waals surface area contributed by atoms with Crippen LogP contribution in [0.3, 0.4) is 0 Å². The van der Waals surface area contributed by atoms with Crippen molar-refractivity contribution in [3.8, 4) is 5.75 Å². The molecule has 1 N–H and O–H groups in total. The molecule has 0 bridgehead atoms. The molecule has 2 aromatic carbocycles. The van der Waals surface area contributed by atoms with Gasteiger partial charge in [-0.25, -0.2) is 4.79 Å². The fourth-order valence-electron chi connectivity index (χ4n) is 4.09. The Hall–Kier alpha value is -2.46. The summed E-state index contributed by atoms with van der Waals surface area (Å²) in [6.07, 6.45) is 3.86. The SMILES string of the molecule is CC(C)c1ccccc1Sc1c(O)cc(C2(Cc3ccccc3)CCC2)oc1=O. The van der Waals surface area contributed by atoms with Crippen molar-refractivity contribution >= 4 is 11.8 Å². The van der Waals surface area contributed by atoms with Crippen molar-refractivity contribution in [3.05, 3.63) is 88.0 Å². The molecule has 1 aliphatic rings. The molecule has 1 saturated carbocycles. The van der Waals surface area contributed by atoms with E-state index in [1.165, 1.54) is 17.3 Å². The molecule has 0 amide bonds. The third-order valence-electron chi connectivity index (χ3n) is 5.86. The van der Waals surface area contributed by atoms with E-state index in [9.17, 15) is 9.90 Å². The zero-order valence-electron chi connectivity index (χ0n) is 16.9. The molecule has 1 aliphatic carbocycles. The predicted molar refractivity (Wildman–Crippen MR) is 117 cm³/mol. The first kappa shape index (κ1) is 19.8. The van der Waals surface area contributed by atoms with E-state index in [-0.39, 0.29) is 16.1 Å². The van der Waals surface area contributed by atoms with Crippen molar-refractivity contribution in [1.29, 1.82) is 0 Å². The van der Waals surface area contributed by atoms with Crippen LogP contribution in [0.4, 0.5) is 0 Å². The van der Waals surface area contributed by atoms with Crippen molar-refractivity contribution in [1.82, 2.24) is 0 Å². The van der Waals surface area contributed by atoms with Crippen molar-refractivity contribution in [2.45, 2.75) is 60.7 Å². The molecule has 3 nitrogen and oxygen atoms in total. The molecular weight excluding hydrogens is 380 g/mol.